The molecule has 0 radical (unpaired) electrons. The van der Waals surface area contributed by atoms with Gasteiger partial charge in [-0.05, 0) is 31.0 Å². The van der Waals surface area contributed by atoms with Gasteiger partial charge in [0.2, 0.25) is 0 Å². The van der Waals surface area contributed by atoms with E-state index in [1.165, 1.54) is 30.7 Å². The van der Waals surface area contributed by atoms with Crippen molar-refractivity contribution < 1.29 is 4.39 Å². The summed E-state index contributed by atoms with van der Waals surface area (Å²) in [5, 5.41) is 0. The Morgan fingerprint density at radius 3 is 3.00 bits per heavy atom. The van der Waals surface area contributed by atoms with Crippen LogP contribution in [0.15, 0.2) is 35.6 Å². The van der Waals surface area contributed by atoms with Crippen LogP contribution in [0.3, 0.4) is 0 Å². The van der Waals surface area contributed by atoms with Crippen LogP contribution in [-0.2, 0) is 5.75 Å². The topological polar surface area (TPSA) is 43.8 Å². The van der Waals surface area contributed by atoms with Crippen LogP contribution in [0.5, 0.6) is 0 Å². The molecule has 1 saturated carbocycles. The highest BCUT2D eigenvalue weighted by Gasteiger charge is 2.25. The molecule has 1 aliphatic rings. The van der Waals surface area contributed by atoms with Crippen molar-refractivity contribution in [3.8, 4) is 0 Å². The molecule has 0 atom stereocenters. The zero-order valence-corrected chi connectivity index (χ0v) is 10.7. The Balaban J connectivity index is 1.71. The van der Waals surface area contributed by atoms with Crippen molar-refractivity contribution in [2.75, 3.05) is 5.73 Å². The molecule has 2 N–H and O–H groups in total. The number of halogens is 1. The third-order valence-electron chi connectivity index (χ3n) is 3.02. The van der Waals surface area contributed by atoms with E-state index in [-0.39, 0.29) is 5.82 Å². The number of hydrogen-bond donors (Lipinski definition) is 1. The Morgan fingerprint density at radius 1 is 1.44 bits per heavy atom. The van der Waals surface area contributed by atoms with Gasteiger partial charge in [-0.1, -0.05) is 0 Å². The van der Waals surface area contributed by atoms with Gasteiger partial charge in [-0.15, -0.1) is 11.8 Å². The summed E-state index contributed by atoms with van der Waals surface area (Å²) in [6.45, 7) is 0. The molecule has 3 nitrogen and oxygen atoms in total. The predicted molar refractivity (Wildman–Crippen MR) is 70.9 cm³/mol. The lowest BCUT2D eigenvalue weighted by atomic mass is 10.3. The molecule has 1 aromatic carbocycles. The van der Waals surface area contributed by atoms with E-state index in [0.717, 1.165) is 11.4 Å². The molecule has 0 spiro atoms. The number of nitrogen functional groups attached to an aromatic ring is 1. The molecule has 1 heterocycles. The van der Waals surface area contributed by atoms with Crippen LogP contribution in [0.4, 0.5) is 10.1 Å². The number of imidazole rings is 1. The molecule has 0 unspecified atom stereocenters. The van der Waals surface area contributed by atoms with Crippen molar-refractivity contribution in [1.29, 1.82) is 0 Å². The molecule has 0 amide bonds. The van der Waals surface area contributed by atoms with E-state index in [9.17, 15) is 4.39 Å². The molecular formula is C13H14FN3S. The van der Waals surface area contributed by atoms with Gasteiger partial charge in [0.1, 0.15) is 5.82 Å². The zero-order valence-electron chi connectivity index (χ0n) is 9.84. The lowest BCUT2D eigenvalue weighted by Gasteiger charge is -2.07. The summed E-state index contributed by atoms with van der Waals surface area (Å²) in [6.07, 6.45) is 6.18. The number of nitrogens with two attached hydrogens (primary N) is 1. The molecule has 3 rings (SSSR count). The summed E-state index contributed by atoms with van der Waals surface area (Å²) in [5.41, 5.74) is 7.14. The Labute approximate surface area is 109 Å². The van der Waals surface area contributed by atoms with Gasteiger partial charge in [0.25, 0.3) is 0 Å². The molecular weight excluding hydrogens is 249 g/mol. The quantitative estimate of drug-likeness (QED) is 0.680. The van der Waals surface area contributed by atoms with E-state index >= 15 is 0 Å². The van der Waals surface area contributed by atoms with Gasteiger partial charge >= 0.3 is 0 Å². The van der Waals surface area contributed by atoms with Crippen LogP contribution in [0.2, 0.25) is 0 Å². The van der Waals surface area contributed by atoms with Crippen molar-refractivity contribution in [2.45, 2.75) is 29.5 Å². The van der Waals surface area contributed by atoms with Gasteiger partial charge in [-0.25, -0.2) is 9.37 Å². The molecule has 0 aliphatic heterocycles. The van der Waals surface area contributed by atoms with Gasteiger partial charge in [0.15, 0.2) is 0 Å². The number of hydrogen-bond acceptors (Lipinski definition) is 3. The summed E-state index contributed by atoms with van der Waals surface area (Å²) in [5.74, 6) is 0.481. The van der Waals surface area contributed by atoms with E-state index in [1.54, 1.807) is 12.1 Å². The highest BCUT2D eigenvalue weighted by Crippen LogP contribution is 2.37. The Morgan fingerprint density at radius 2 is 2.28 bits per heavy atom. The van der Waals surface area contributed by atoms with Gasteiger partial charge < -0.3 is 10.3 Å². The first-order valence-corrected chi connectivity index (χ1v) is 6.91. The highest BCUT2D eigenvalue weighted by atomic mass is 32.2. The number of benzene rings is 1. The highest BCUT2D eigenvalue weighted by molar-refractivity contribution is 7.98. The predicted octanol–water partition coefficient (Wildman–Crippen LogP) is 3.23. The number of aromatic nitrogens is 2. The SMILES string of the molecule is Nc1ccc(SCc2cncn2C2CC2)c(F)c1. The standard InChI is InChI=1S/C13H14FN3S/c14-12-5-9(15)1-4-13(12)18-7-11-6-16-8-17(11)10-2-3-10/h1,4-6,8,10H,2-3,7,15H2. The van der Waals surface area contributed by atoms with Crippen LogP contribution < -0.4 is 5.73 Å². The first-order chi connectivity index (χ1) is 8.74. The largest absolute Gasteiger partial charge is 0.399 e. The van der Waals surface area contributed by atoms with Crippen molar-refractivity contribution >= 4 is 17.4 Å². The fourth-order valence-electron chi connectivity index (χ4n) is 1.91. The molecule has 0 saturated heterocycles. The van der Waals surface area contributed by atoms with Crippen molar-refractivity contribution in [3.63, 3.8) is 0 Å². The van der Waals surface area contributed by atoms with Gasteiger partial charge in [-0.3, -0.25) is 0 Å². The molecule has 94 valence electrons. The van der Waals surface area contributed by atoms with Gasteiger partial charge in [0.05, 0.1) is 6.33 Å². The molecule has 1 fully saturated rings. The van der Waals surface area contributed by atoms with E-state index < -0.39 is 0 Å². The van der Waals surface area contributed by atoms with E-state index in [1.807, 2.05) is 12.5 Å². The van der Waals surface area contributed by atoms with Crippen LogP contribution in [-0.4, -0.2) is 9.55 Å². The summed E-state index contributed by atoms with van der Waals surface area (Å²) >= 11 is 1.48. The molecule has 1 aromatic heterocycles. The lowest BCUT2D eigenvalue weighted by molar-refractivity contribution is 0.602. The Hall–Kier alpha value is -1.49. The van der Waals surface area contributed by atoms with E-state index in [2.05, 4.69) is 9.55 Å². The summed E-state index contributed by atoms with van der Waals surface area (Å²) in [4.78, 5) is 4.80. The summed E-state index contributed by atoms with van der Waals surface area (Å²) < 4.78 is 15.8. The minimum atomic E-state index is -0.252. The minimum absolute atomic E-state index is 0.252. The van der Waals surface area contributed by atoms with E-state index in [0.29, 0.717) is 16.6 Å². The maximum Gasteiger partial charge on any atom is 0.138 e. The number of anilines is 1. The second kappa shape index (κ2) is 4.65. The number of nitrogens with zero attached hydrogens (tertiary/aromatic N) is 2. The molecule has 18 heavy (non-hydrogen) atoms. The van der Waals surface area contributed by atoms with Crippen molar-refractivity contribution in [3.05, 3.63) is 42.2 Å². The minimum Gasteiger partial charge on any atom is -0.399 e. The lowest BCUT2D eigenvalue weighted by Crippen LogP contribution is -1.97. The fourth-order valence-corrected chi connectivity index (χ4v) is 2.80. The van der Waals surface area contributed by atoms with Crippen LogP contribution in [0.25, 0.3) is 0 Å². The Kier molecular flexibility index (Phi) is 2.99. The third-order valence-corrected chi connectivity index (χ3v) is 4.10. The maximum atomic E-state index is 13.6. The number of thioether (sulfide) groups is 1. The second-order valence-electron chi connectivity index (χ2n) is 4.50. The average Bonchev–Trinajstić information content (AvgIpc) is 3.08. The maximum absolute atomic E-state index is 13.6. The third kappa shape index (κ3) is 2.36. The molecule has 5 heteroatoms. The smallest absolute Gasteiger partial charge is 0.138 e. The average molecular weight is 263 g/mol. The van der Waals surface area contributed by atoms with Gasteiger partial charge in [-0.2, -0.15) is 0 Å². The molecule has 1 aliphatic carbocycles. The van der Waals surface area contributed by atoms with Crippen molar-refractivity contribution in [2.24, 2.45) is 0 Å². The van der Waals surface area contributed by atoms with Crippen LogP contribution >= 0.6 is 11.8 Å². The monoisotopic (exact) mass is 263 g/mol. The first kappa shape index (κ1) is 11.6. The molecule has 2 aromatic rings. The first-order valence-electron chi connectivity index (χ1n) is 5.92. The fraction of sp³-hybridized carbons (Fsp3) is 0.308. The van der Waals surface area contributed by atoms with E-state index in [4.69, 9.17) is 5.73 Å². The van der Waals surface area contributed by atoms with Crippen LogP contribution in [0.1, 0.15) is 24.6 Å². The van der Waals surface area contributed by atoms with Crippen LogP contribution in [0, 0.1) is 5.82 Å². The van der Waals surface area contributed by atoms with Crippen molar-refractivity contribution in [1.82, 2.24) is 9.55 Å². The molecule has 0 bridgehead atoms. The summed E-state index contributed by atoms with van der Waals surface area (Å²) in [6, 6.07) is 5.43. The normalized spacial score (nSPS) is 14.9. The summed E-state index contributed by atoms with van der Waals surface area (Å²) in [7, 11) is 0. The zero-order chi connectivity index (χ0) is 12.5. The second-order valence-corrected chi connectivity index (χ2v) is 5.52. The Bertz CT molecular complexity index is 563. The van der Waals surface area contributed by atoms with Gasteiger partial charge in [0, 0.05) is 34.3 Å². The number of rotatable bonds is 4.